The SMILES string of the molecule is Cc1ccnc(-n2c3[c-]c(Oc4[c-]c(N5[CH-]N(c6ccccc6F)c6ccccc65)cc(C5CCCCCC5)c4)ccc3c3ccccc32)c1.[Pt]. The van der Waals surface area contributed by atoms with Gasteiger partial charge >= 0.3 is 0 Å². The maximum Gasteiger partial charge on any atom is 0.144 e. The number of para-hydroxylation sites is 4. The maximum atomic E-state index is 15.1. The van der Waals surface area contributed by atoms with E-state index in [1.165, 1.54) is 37.3 Å². The van der Waals surface area contributed by atoms with Gasteiger partial charge in [0.25, 0.3) is 0 Å². The number of aryl methyl sites for hydroxylation is 1. The molecule has 1 saturated carbocycles. The first-order valence-electron chi connectivity index (χ1n) is 17.5. The van der Waals surface area contributed by atoms with Gasteiger partial charge in [-0.3, -0.25) is 0 Å². The molecule has 0 N–H and O–H groups in total. The van der Waals surface area contributed by atoms with Crippen LogP contribution in [0.25, 0.3) is 27.6 Å². The van der Waals surface area contributed by atoms with E-state index >= 15 is 4.39 Å². The molecular weight excluding hydrogens is 815 g/mol. The number of hydrogen-bond acceptors (Lipinski definition) is 4. The van der Waals surface area contributed by atoms with Gasteiger partial charge < -0.3 is 19.1 Å². The van der Waals surface area contributed by atoms with Crippen LogP contribution >= 0.6 is 0 Å². The van der Waals surface area contributed by atoms with Crippen LogP contribution in [0.3, 0.4) is 0 Å². The standard InChI is InChI=1S/C44H36FN4O.Pt/c1-30-22-23-46-44(24-30)49-39-16-8-6-14-36(39)37-21-20-34(28-43(37)49)50-35-26-32(31-12-4-2-3-5-13-31)25-33(27-35)47-29-48(40-17-9-7-15-38(40)45)42-19-11-10-18-41(42)47;/h6-11,14-26,29,31H,2-5,12-13H2,1H3;/q-3;. The van der Waals surface area contributed by atoms with Crippen molar-refractivity contribution in [3.8, 4) is 17.3 Å². The maximum absolute atomic E-state index is 15.1. The molecule has 7 heteroatoms. The van der Waals surface area contributed by atoms with Gasteiger partial charge in [0.15, 0.2) is 0 Å². The Morgan fingerprint density at radius 1 is 0.725 bits per heavy atom. The second-order valence-corrected chi connectivity index (χ2v) is 13.4. The Labute approximate surface area is 312 Å². The average molecular weight is 851 g/mol. The molecule has 0 amide bonds. The Kier molecular flexibility index (Phi) is 9.12. The van der Waals surface area contributed by atoms with Crippen LogP contribution in [0.15, 0.2) is 115 Å². The molecule has 1 fully saturated rings. The van der Waals surface area contributed by atoms with E-state index < -0.39 is 0 Å². The summed E-state index contributed by atoms with van der Waals surface area (Å²) in [5.41, 5.74) is 7.58. The van der Waals surface area contributed by atoms with E-state index in [4.69, 9.17) is 9.72 Å². The van der Waals surface area contributed by atoms with Crippen molar-refractivity contribution < 1.29 is 30.2 Å². The second kappa shape index (κ2) is 14.0. The number of aromatic nitrogens is 2. The van der Waals surface area contributed by atoms with E-state index in [0.29, 0.717) is 23.1 Å². The first kappa shape index (κ1) is 33.2. The van der Waals surface area contributed by atoms with Crippen molar-refractivity contribution in [2.45, 2.75) is 51.4 Å². The number of anilines is 4. The van der Waals surface area contributed by atoms with Crippen molar-refractivity contribution >= 4 is 44.6 Å². The Hall–Kier alpha value is -4.93. The molecule has 0 atom stereocenters. The number of nitrogens with zero attached hydrogens (tertiary/aromatic N) is 4. The number of ether oxygens (including phenoxy) is 1. The molecule has 2 aromatic heterocycles. The van der Waals surface area contributed by atoms with Gasteiger partial charge in [0, 0.05) is 61.3 Å². The van der Waals surface area contributed by atoms with Gasteiger partial charge in [-0.05, 0) is 79.1 Å². The Morgan fingerprint density at radius 3 is 2.24 bits per heavy atom. The smallest absolute Gasteiger partial charge is 0.144 e. The fourth-order valence-corrected chi connectivity index (χ4v) is 7.66. The average Bonchev–Trinajstić information content (AvgIpc) is 3.54. The molecule has 5 nitrogen and oxygen atoms in total. The molecule has 0 spiro atoms. The van der Waals surface area contributed by atoms with Crippen molar-refractivity contribution in [3.63, 3.8) is 0 Å². The Balaban J connectivity index is 0.00000374. The molecule has 2 aliphatic rings. The summed E-state index contributed by atoms with van der Waals surface area (Å²) in [7, 11) is 0. The van der Waals surface area contributed by atoms with Crippen LogP contribution in [0.1, 0.15) is 55.6 Å². The molecule has 3 heterocycles. The van der Waals surface area contributed by atoms with Crippen molar-refractivity contribution in [2.75, 3.05) is 9.80 Å². The fourth-order valence-electron chi connectivity index (χ4n) is 7.66. The first-order chi connectivity index (χ1) is 24.6. The summed E-state index contributed by atoms with van der Waals surface area (Å²) in [6, 6.07) is 43.2. The van der Waals surface area contributed by atoms with E-state index in [0.717, 1.165) is 63.1 Å². The van der Waals surface area contributed by atoms with Crippen molar-refractivity contribution in [2.24, 2.45) is 0 Å². The normalized spacial score (nSPS) is 14.8. The molecule has 9 rings (SSSR count). The molecule has 1 aliphatic heterocycles. The van der Waals surface area contributed by atoms with Crippen LogP contribution in [-0.4, -0.2) is 9.55 Å². The van der Waals surface area contributed by atoms with Crippen LogP contribution in [-0.2, 0) is 21.1 Å². The molecular formula is C44H36FN4OPt-3. The zero-order valence-corrected chi connectivity index (χ0v) is 30.5. The van der Waals surface area contributed by atoms with E-state index in [9.17, 15) is 0 Å². The number of hydrogen-bond donors (Lipinski definition) is 0. The summed E-state index contributed by atoms with van der Waals surface area (Å²) >= 11 is 0. The van der Waals surface area contributed by atoms with E-state index in [1.54, 1.807) is 6.07 Å². The number of fused-ring (bicyclic) bond motifs is 4. The van der Waals surface area contributed by atoms with Crippen LogP contribution in [0.4, 0.5) is 27.1 Å². The van der Waals surface area contributed by atoms with Gasteiger partial charge in [-0.1, -0.05) is 73.7 Å². The summed E-state index contributed by atoms with van der Waals surface area (Å²) in [4.78, 5) is 8.75. The summed E-state index contributed by atoms with van der Waals surface area (Å²) in [5.74, 6) is 2.23. The van der Waals surface area contributed by atoms with Gasteiger partial charge in [-0.15, -0.1) is 53.6 Å². The van der Waals surface area contributed by atoms with Crippen LogP contribution in [0.2, 0.25) is 0 Å². The molecule has 258 valence electrons. The molecule has 0 unspecified atom stereocenters. The molecule has 7 aromatic rings. The number of benzene rings is 5. The molecule has 0 radical (unpaired) electrons. The molecule has 0 bridgehead atoms. The molecule has 51 heavy (non-hydrogen) atoms. The predicted octanol–water partition coefficient (Wildman–Crippen LogP) is 11.9. The summed E-state index contributed by atoms with van der Waals surface area (Å²) in [6.45, 7) is 4.04. The zero-order chi connectivity index (χ0) is 33.6. The topological polar surface area (TPSA) is 33.5 Å². The van der Waals surface area contributed by atoms with Crippen LogP contribution in [0, 0.1) is 31.5 Å². The van der Waals surface area contributed by atoms with Crippen molar-refractivity contribution in [1.29, 1.82) is 0 Å². The number of halogens is 1. The number of rotatable bonds is 6. The number of pyridine rings is 1. The minimum atomic E-state index is -0.273. The zero-order valence-electron chi connectivity index (χ0n) is 28.3. The first-order valence-corrected chi connectivity index (χ1v) is 17.5. The third-order valence-corrected chi connectivity index (χ3v) is 10.1. The minimum absolute atomic E-state index is 0. The van der Waals surface area contributed by atoms with Gasteiger partial charge in [-0.25, -0.2) is 9.37 Å². The van der Waals surface area contributed by atoms with Crippen LogP contribution in [0.5, 0.6) is 11.5 Å². The molecule has 5 aromatic carbocycles. The van der Waals surface area contributed by atoms with Crippen molar-refractivity contribution in [3.05, 3.63) is 151 Å². The minimum Gasteiger partial charge on any atom is -0.509 e. The van der Waals surface area contributed by atoms with E-state index in [2.05, 4.69) is 83.1 Å². The summed E-state index contributed by atoms with van der Waals surface area (Å²) < 4.78 is 24.0. The summed E-state index contributed by atoms with van der Waals surface area (Å²) in [6.07, 6.45) is 9.12. The van der Waals surface area contributed by atoms with E-state index in [1.807, 2.05) is 60.2 Å². The van der Waals surface area contributed by atoms with Crippen molar-refractivity contribution in [1.82, 2.24) is 9.55 Å². The third-order valence-electron chi connectivity index (χ3n) is 10.1. The molecule has 0 saturated heterocycles. The second-order valence-electron chi connectivity index (χ2n) is 13.4. The largest absolute Gasteiger partial charge is 0.509 e. The van der Waals surface area contributed by atoms with Crippen LogP contribution < -0.4 is 14.5 Å². The predicted molar refractivity (Wildman–Crippen MR) is 199 cm³/mol. The Morgan fingerprint density at radius 2 is 1.45 bits per heavy atom. The van der Waals surface area contributed by atoms with E-state index in [-0.39, 0.29) is 26.9 Å². The van der Waals surface area contributed by atoms with Gasteiger partial charge in [0.2, 0.25) is 0 Å². The van der Waals surface area contributed by atoms with Gasteiger partial charge in [-0.2, -0.15) is 6.07 Å². The quantitative estimate of drug-likeness (QED) is 0.123. The monoisotopic (exact) mass is 850 g/mol. The fraction of sp³-hybridized carbons (Fsp3) is 0.182. The van der Waals surface area contributed by atoms with Gasteiger partial charge in [0.05, 0.1) is 0 Å². The van der Waals surface area contributed by atoms with Gasteiger partial charge in [0.1, 0.15) is 11.6 Å². The Bertz CT molecular complexity index is 2360. The summed E-state index contributed by atoms with van der Waals surface area (Å²) in [5, 5.41) is 2.23. The molecule has 1 aliphatic carbocycles. The third kappa shape index (κ3) is 6.21.